The Kier molecular flexibility index (Phi) is 7.42. The van der Waals surface area contributed by atoms with E-state index in [4.69, 9.17) is 9.57 Å². The van der Waals surface area contributed by atoms with Gasteiger partial charge in [0.05, 0.1) is 12.3 Å². The quantitative estimate of drug-likeness (QED) is 0.365. The maximum atomic E-state index is 5.72. The van der Waals surface area contributed by atoms with Crippen LogP contribution in [-0.2, 0) is 24.6 Å². The average molecular weight is 435 g/mol. The third-order valence-electron chi connectivity index (χ3n) is 5.70. The van der Waals surface area contributed by atoms with Gasteiger partial charge in [-0.05, 0) is 49.5 Å². The van der Waals surface area contributed by atoms with Crippen LogP contribution in [0.1, 0.15) is 61.5 Å². The van der Waals surface area contributed by atoms with E-state index in [1.165, 1.54) is 37.7 Å². The highest BCUT2D eigenvalue weighted by molar-refractivity contribution is 5.98. The predicted octanol–water partition coefficient (Wildman–Crippen LogP) is 4.48. The average Bonchev–Trinajstić information content (AvgIpc) is 3.27. The van der Waals surface area contributed by atoms with Crippen molar-refractivity contribution in [3.63, 3.8) is 0 Å². The Labute approximate surface area is 188 Å². The number of nitrogens with zero attached hydrogens (tertiary/aromatic N) is 6. The van der Waals surface area contributed by atoms with Crippen molar-refractivity contribution < 1.29 is 9.57 Å². The summed E-state index contributed by atoms with van der Waals surface area (Å²) in [4.78, 5) is 11.5. The summed E-state index contributed by atoms with van der Waals surface area (Å²) >= 11 is 0. The van der Waals surface area contributed by atoms with Crippen LogP contribution in [0.2, 0.25) is 0 Å². The summed E-state index contributed by atoms with van der Waals surface area (Å²) in [7, 11) is 0. The maximum absolute atomic E-state index is 5.72. The Morgan fingerprint density at radius 1 is 1.06 bits per heavy atom. The first-order valence-electron chi connectivity index (χ1n) is 11.2. The lowest BCUT2D eigenvalue weighted by Crippen LogP contribution is -2.16. The first kappa shape index (κ1) is 21.9. The van der Waals surface area contributed by atoms with E-state index in [1.807, 2.05) is 25.1 Å². The first-order valence-corrected chi connectivity index (χ1v) is 11.2. The molecule has 0 atom stereocenters. The van der Waals surface area contributed by atoms with Crippen LogP contribution < -0.4 is 4.74 Å². The van der Waals surface area contributed by atoms with Gasteiger partial charge in [0.15, 0.2) is 6.61 Å². The molecular weight excluding hydrogens is 404 g/mol. The minimum absolute atomic E-state index is 0.240. The highest BCUT2D eigenvalue weighted by Crippen LogP contribution is 2.24. The summed E-state index contributed by atoms with van der Waals surface area (Å²) in [5.74, 6) is 1.73. The molecule has 8 heteroatoms. The molecule has 0 amide bonds. The van der Waals surface area contributed by atoms with Crippen molar-refractivity contribution in [2.24, 2.45) is 11.1 Å². The monoisotopic (exact) mass is 434 g/mol. The second kappa shape index (κ2) is 10.8. The van der Waals surface area contributed by atoms with Gasteiger partial charge in [0, 0.05) is 17.8 Å². The van der Waals surface area contributed by atoms with E-state index in [-0.39, 0.29) is 6.61 Å². The molecule has 2 aromatic heterocycles. The Bertz CT molecular complexity index is 1010. The van der Waals surface area contributed by atoms with Crippen molar-refractivity contribution in [1.29, 1.82) is 0 Å². The molecule has 0 saturated heterocycles. The molecule has 0 unspecified atom stereocenters. The van der Waals surface area contributed by atoms with Gasteiger partial charge in [0.2, 0.25) is 11.7 Å². The standard InChI is InChI=1S/C24H30N6O2/c1-18-8-10-21(11-9-18)16-32-28-19(2)22-12-13-24(25-14-22)31-17-23-26-29-30(27-23)15-20-6-4-3-5-7-20/h8-14,20H,3-7,15-17H2,1-2H3/b28-19+. The molecule has 2 heterocycles. The van der Waals surface area contributed by atoms with Crippen LogP contribution in [0.15, 0.2) is 47.8 Å². The number of aromatic nitrogens is 5. The summed E-state index contributed by atoms with van der Waals surface area (Å²) in [5.41, 5.74) is 3.93. The van der Waals surface area contributed by atoms with Gasteiger partial charge in [-0.3, -0.25) is 0 Å². The smallest absolute Gasteiger partial charge is 0.213 e. The summed E-state index contributed by atoms with van der Waals surface area (Å²) < 4.78 is 5.72. The molecule has 1 aliphatic rings. The van der Waals surface area contributed by atoms with Crippen molar-refractivity contribution in [2.75, 3.05) is 0 Å². The van der Waals surface area contributed by atoms with E-state index in [1.54, 1.807) is 17.1 Å². The van der Waals surface area contributed by atoms with Gasteiger partial charge >= 0.3 is 0 Å². The minimum atomic E-state index is 0.240. The van der Waals surface area contributed by atoms with Gasteiger partial charge in [0.25, 0.3) is 0 Å². The Hall–Kier alpha value is -3.29. The van der Waals surface area contributed by atoms with Crippen LogP contribution >= 0.6 is 0 Å². The highest BCUT2D eigenvalue weighted by Gasteiger charge is 2.15. The predicted molar refractivity (Wildman–Crippen MR) is 121 cm³/mol. The second-order valence-corrected chi connectivity index (χ2v) is 8.37. The maximum Gasteiger partial charge on any atom is 0.213 e. The number of oxime groups is 1. The fraction of sp³-hybridized carbons (Fsp3) is 0.458. The molecule has 0 bridgehead atoms. The molecule has 0 N–H and O–H groups in total. The van der Waals surface area contributed by atoms with Gasteiger partial charge in [-0.15, -0.1) is 10.2 Å². The molecule has 4 rings (SSSR count). The van der Waals surface area contributed by atoms with E-state index in [0.29, 0.717) is 24.2 Å². The molecule has 0 spiro atoms. The lowest BCUT2D eigenvalue weighted by molar-refractivity contribution is 0.130. The minimum Gasteiger partial charge on any atom is -0.469 e. The van der Waals surface area contributed by atoms with Crippen LogP contribution in [0.25, 0.3) is 0 Å². The summed E-state index contributed by atoms with van der Waals surface area (Å²) in [6.07, 6.45) is 8.18. The lowest BCUT2D eigenvalue weighted by Gasteiger charge is -2.20. The largest absolute Gasteiger partial charge is 0.469 e. The number of benzene rings is 1. The lowest BCUT2D eigenvalue weighted by atomic mass is 9.89. The van der Waals surface area contributed by atoms with Gasteiger partial charge < -0.3 is 9.57 Å². The van der Waals surface area contributed by atoms with Gasteiger partial charge in [-0.1, -0.05) is 54.2 Å². The summed E-state index contributed by atoms with van der Waals surface area (Å²) in [6.45, 7) is 5.46. The van der Waals surface area contributed by atoms with Crippen molar-refractivity contribution in [1.82, 2.24) is 25.2 Å². The van der Waals surface area contributed by atoms with Crippen molar-refractivity contribution in [3.8, 4) is 5.88 Å². The van der Waals surface area contributed by atoms with Crippen molar-refractivity contribution in [3.05, 3.63) is 65.1 Å². The molecular formula is C24H30N6O2. The zero-order valence-corrected chi connectivity index (χ0v) is 18.8. The van der Waals surface area contributed by atoms with E-state index in [0.717, 1.165) is 23.4 Å². The molecule has 0 aliphatic heterocycles. The SMILES string of the molecule is C/C(=N\OCc1ccc(C)cc1)c1ccc(OCc2nnn(CC3CCCCC3)n2)nc1. The van der Waals surface area contributed by atoms with Crippen LogP contribution in [-0.4, -0.2) is 30.9 Å². The zero-order chi connectivity index (χ0) is 22.2. The Morgan fingerprint density at radius 3 is 2.62 bits per heavy atom. The molecule has 1 aliphatic carbocycles. The van der Waals surface area contributed by atoms with Crippen LogP contribution in [0, 0.1) is 12.8 Å². The zero-order valence-electron chi connectivity index (χ0n) is 18.8. The number of hydrogen-bond donors (Lipinski definition) is 0. The normalized spacial score (nSPS) is 15.0. The Morgan fingerprint density at radius 2 is 1.88 bits per heavy atom. The van der Waals surface area contributed by atoms with Gasteiger partial charge in [-0.2, -0.15) is 4.80 Å². The van der Waals surface area contributed by atoms with E-state index >= 15 is 0 Å². The van der Waals surface area contributed by atoms with Crippen LogP contribution in [0.5, 0.6) is 5.88 Å². The Balaban J connectivity index is 1.24. The molecule has 0 radical (unpaired) electrons. The molecule has 3 aromatic rings. The first-order chi connectivity index (χ1) is 15.7. The molecule has 1 saturated carbocycles. The number of aryl methyl sites for hydroxylation is 1. The molecule has 168 valence electrons. The summed E-state index contributed by atoms with van der Waals surface area (Å²) in [6, 6.07) is 11.9. The third-order valence-corrected chi connectivity index (χ3v) is 5.70. The molecule has 1 aromatic carbocycles. The van der Waals surface area contributed by atoms with E-state index in [2.05, 4.69) is 44.6 Å². The topological polar surface area (TPSA) is 87.3 Å². The summed E-state index contributed by atoms with van der Waals surface area (Å²) in [5, 5.41) is 16.9. The highest BCUT2D eigenvalue weighted by atomic mass is 16.6. The number of hydrogen-bond acceptors (Lipinski definition) is 7. The van der Waals surface area contributed by atoms with Gasteiger partial charge in [-0.25, -0.2) is 4.98 Å². The molecule has 8 nitrogen and oxygen atoms in total. The third kappa shape index (κ3) is 6.35. The number of tetrazole rings is 1. The second-order valence-electron chi connectivity index (χ2n) is 8.37. The van der Waals surface area contributed by atoms with Crippen molar-refractivity contribution >= 4 is 5.71 Å². The molecule has 32 heavy (non-hydrogen) atoms. The number of pyridine rings is 1. The number of rotatable bonds is 9. The van der Waals surface area contributed by atoms with Gasteiger partial charge in [0.1, 0.15) is 6.61 Å². The van der Waals surface area contributed by atoms with Crippen LogP contribution in [0.4, 0.5) is 0 Å². The molecule has 1 fully saturated rings. The fourth-order valence-electron chi connectivity index (χ4n) is 3.77. The fourth-order valence-corrected chi connectivity index (χ4v) is 3.77. The van der Waals surface area contributed by atoms with Crippen LogP contribution in [0.3, 0.4) is 0 Å². The van der Waals surface area contributed by atoms with E-state index in [9.17, 15) is 0 Å². The van der Waals surface area contributed by atoms with Crippen molar-refractivity contribution in [2.45, 2.75) is 65.7 Å². The van der Waals surface area contributed by atoms with E-state index < -0.39 is 0 Å². The number of ether oxygens (including phenoxy) is 1.